The van der Waals surface area contributed by atoms with Gasteiger partial charge in [0.1, 0.15) is 0 Å². The number of alkyl halides is 1. The van der Waals surface area contributed by atoms with E-state index in [2.05, 4.69) is 10.2 Å². The summed E-state index contributed by atoms with van der Waals surface area (Å²) in [6.45, 7) is 0. The van der Waals surface area contributed by atoms with E-state index in [9.17, 15) is 13.2 Å². The van der Waals surface area contributed by atoms with Crippen LogP contribution in [0.3, 0.4) is 0 Å². The van der Waals surface area contributed by atoms with Gasteiger partial charge in [0, 0.05) is 5.56 Å². The normalized spacial score (nSPS) is 20.6. The fourth-order valence-electron chi connectivity index (χ4n) is 1.14. The first-order valence-corrected chi connectivity index (χ1v) is 3.89. The number of fused-ring (bicyclic) bond motifs is 1. The van der Waals surface area contributed by atoms with Gasteiger partial charge in [0.2, 0.25) is 0 Å². The molecule has 2 nitrogen and oxygen atoms in total. The number of azo groups is 1. The van der Waals surface area contributed by atoms with Gasteiger partial charge in [-0.25, -0.2) is 13.2 Å². The molecule has 0 fully saturated rings. The number of hydrogen-bond donors (Lipinski definition) is 0. The summed E-state index contributed by atoms with van der Waals surface area (Å²) < 4.78 is 38.8. The second-order valence-electron chi connectivity index (χ2n) is 2.73. The van der Waals surface area contributed by atoms with E-state index in [0.717, 1.165) is 0 Å². The number of benzene rings is 1. The van der Waals surface area contributed by atoms with Crippen LogP contribution in [0, 0.1) is 0 Å². The zero-order valence-corrected chi connectivity index (χ0v) is 6.92. The van der Waals surface area contributed by atoms with Crippen molar-refractivity contribution in [3.05, 3.63) is 35.7 Å². The van der Waals surface area contributed by atoms with E-state index in [1.165, 1.54) is 18.2 Å². The van der Waals surface area contributed by atoms with Crippen molar-refractivity contribution in [2.45, 2.75) is 6.30 Å². The maximum atomic E-state index is 13.2. The van der Waals surface area contributed by atoms with Gasteiger partial charge in [-0.1, -0.05) is 12.1 Å². The molecule has 0 amide bonds. The zero-order chi connectivity index (χ0) is 10.1. The van der Waals surface area contributed by atoms with Crippen LogP contribution in [-0.2, 0) is 0 Å². The van der Waals surface area contributed by atoms with Crippen molar-refractivity contribution in [1.29, 1.82) is 0 Å². The van der Waals surface area contributed by atoms with Crippen LogP contribution < -0.4 is 0 Å². The molecular weight excluding hydrogens is 193 g/mol. The number of hydrogen-bond acceptors (Lipinski definition) is 2. The van der Waals surface area contributed by atoms with Crippen LogP contribution in [-0.4, -0.2) is 6.30 Å². The summed E-state index contributed by atoms with van der Waals surface area (Å²) in [6.07, 6.45) is -2.35. The molecule has 1 heterocycles. The molecule has 0 N–H and O–H groups in total. The molecule has 14 heavy (non-hydrogen) atoms. The van der Waals surface area contributed by atoms with E-state index in [1.807, 2.05) is 0 Å². The Labute approximate surface area is 77.8 Å². The lowest BCUT2D eigenvalue weighted by molar-refractivity contribution is 0.325. The summed E-state index contributed by atoms with van der Waals surface area (Å²) in [6, 6.07) is 5.85. The lowest BCUT2D eigenvalue weighted by atomic mass is 10.1. The van der Waals surface area contributed by atoms with Crippen LogP contribution in [0.5, 0.6) is 0 Å². The largest absolute Gasteiger partial charge is 0.263 e. The maximum absolute atomic E-state index is 13.2. The monoisotopic (exact) mass is 198 g/mol. The van der Waals surface area contributed by atoms with Crippen LogP contribution in [0.2, 0.25) is 0 Å². The van der Waals surface area contributed by atoms with Crippen molar-refractivity contribution in [2.24, 2.45) is 10.2 Å². The fraction of sp³-hybridized carbons (Fsp3) is 0.111. The second-order valence-corrected chi connectivity index (χ2v) is 2.73. The standard InChI is InChI=1S/C9H5F3N2/c10-7-5-3-1-2-4-6(5)13-14-9(12)8(7)11/h1-4,9H. The number of rotatable bonds is 0. The minimum Gasteiger partial charge on any atom is -0.212 e. The summed E-state index contributed by atoms with van der Waals surface area (Å²) in [4.78, 5) is 0. The van der Waals surface area contributed by atoms with Gasteiger partial charge in [0.05, 0.1) is 5.69 Å². The molecule has 0 aromatic heterocycles. The van der Waals surface area contributed by atoms with E-state index in [1.54, 1.807) is 6.07 Å². The molecule has 1 unspecified atom stereocenters. The lowest BCUT2D eigenvalue weighted by Crippen LogP contribution is -1.95. The first kappa shape index (κ1) is 8.93. The SMILES string of the molecule is FC1=C(F)C(F)N=Nc2ccccc21. The summed E-state index contributed by atoms with van der Waals surface area (Å²) in [7, 11) is 0. The molecular formula is C9H5F3N2. The Balaban J connectivity index is 2.66. The second kappa shape index (κ2) is 3.25. The highest BCUT2D eigenvalue weighted by molar-refractivity contribution is 5.72. The Morgan fingerprint density at radius 2 is 1.86 bits per heavy atom. The third kappa shape index (κ3) is 1.30. The minimum atomic E-state index is -2.35. The summed E-state index contributed by atoms with van der Waals surface area (Å²) in [5, 5.41) is 6.38. The predicted octanol–water partition coefficient (Wildman–Crippen LogP) is 3.69. The third-order valence-electron chi connectivity index (χ3n) is 1.83. The number of halogens is 3. The fourth-order valence-corrected chi connectivity index (χ4v) is 1.14. The molecule has 1 aromatic rings. The quantitative estimate of drug-likeness (QED) is 0.568. The van der Waals surface area contributed by atoms with E-state index in [-0.39, 0.29) is 11.3 Å². The van der Waals surface area contributed by atoms with Gasteiger partial charge in [-0.2, -0.15) is 5.11 Å². The topological polar surface area (TPSA) is 24.7 Å². The Hall–Kier alpha value is -1.65. The van der Waals surface area contributed by atoms with Crippen molar-refractivity contribution >= 4 is 11.5 Å². The Morgan fingerprint density at radius 3 is 2.64 bits per heavy atom. The van der Waals surface area contributed by atoms with Crippen molar-refractivity contribution in [3.63, 3.8) is 0 Å². The van der Waals surface area contributed by atoms with Crippen LogP contribution >= 0.6 is 0 Å². The average molecular weight is 198 g/mol. The van der Waals surface area contributed by atoms with Crippen molar-refractivity contribution in [2.75, 3.05) is 0 Å². The van der Waals surface area contributed by atoms with Gasteiger partial charge in [0.25, 0.3) is 6.30 Å². The van der Waals surface area contributed by atoms with Crippen molar-refractivity contribution in [1.82, 2.24) is 0 Å². The molecule has 1 atom stereocenters. The molecule has 2 rings (SSSR count). The lowest BCUT2D eigenvalue weighted by Gasteiger charge is -1.99. The third-order valence-corrected chi connectivity index (χ3v) is 1.83. The Bertz CT molecular complexity index is 426. The van der Waals surface area contributed by atoms with Crippen LogP contribution in [0.15, 0.2) is 40.3 Å². The first-order chi connectivity index (χ1) is 6.70. The Morgan fingerprint density at radius 1 is 1.14 bits per heavy atom. The van der Waals surface area contributed by atoms with Crippen molar-refractivity contribution in [3.8, 4) is 0 Å². The van der Waals surface area contributed by atoms with Gasteiger partial charge >= 0.3 is 0 Å². The van der Waals surface area contributed by atoms with Crippen molar-refractivity contribution < 1.29 is 13.2 Å². The molecule has 1 aliphatic heterocycles. The Kier molecular flexibility index (Phi) is 2.07. The summed E-state index contributed by atoms with van der Waals surface area (Å²) >= 11 is 0. The first-order valence-electron chi connectivity index (χ1n) is 3.89. The van der Waals surface area contributed by atoms with E-state index in [4.69, 9.17) is 0 Å². The highest BCUT2D eigenvalue weighted by atomic mass is 19.2. The van der Waals surface area contributed by atoms with E-state index >= 15 is 0 Å². The summed E-state index contributed by atoms with van der Waals surface area (Å²) in [5.74, 6) is -2.77. The molecule has 1 aromatic carbocycles. The smallest absolute Gasteiger partial charge is 0.212 e. The molecule has 1 aliphatic rings. The highest BCUT2D eigenvalue weighted by Gasteiger charge is 2.23. The van der Waals surface area contributed by atoms with Gasteiger partial charge < -0.3 is 0 Å². The van der Waals surface area contributed by atoms with Gasteiger partial charge in [-0.05, 0) is 12.1 Å². The van der Waals surface area contributed by atoms with Gasteiger partial charge in [0.15, 0.2) is 11.7 Å². The molecule has 0 radical (unpaired) electrons. The number of nitrogens with zero attached hydrogens (tertiary/aromatic N) is 2. The van der Waals surface area contributed by atoms with E-state index in [0.29, 0.717) is 0 Å². The zero-order valence-electron chi connectivity index (χ0n) is 6.92. The summed E-state index contributed by atoms with van der Waals surface area (Å²) in [5.41, 5.74) is 0.0502. The average Bonchev–Trinajstić information content (AvgIpc) is 2.32. The molecule has 5 heteroatoms. The minimum absolute atomic E-state index is 0.0751. The van der Waals surface area contributed by atoms with Crippen LogP contribution in [0.4, 0.5) is 18.9 Å². The molecule has 72 valence electrons. The maximum Gasteiger partial charge on any atom is 0.263 e. The molecule has 0 saturated heterocycles. The molecule has 0 bridgehead atoms. The van der Waals surface area contributed by atoms with Gasteiger partial charge in [-0.3, -0.25) is 0 Å². The molecule has 0 aliphatic carbocycles. The van der Waals surface area contributed by atoms with Crippen LogP contribution in [0.25, 0.3) is 5.83 Å². The predicted molar refractivity (Wildman–Crippen MR) is 45.0 cm³/mol. The van der Waals surface area contributed by atoms with Gasteiger partial charge in [-0.15, -0.1) is 5.11 Å². The highest BCUT2D eigenvalue weighted by Crippen LogP contribution is 2.35. The van der Waals surface area contributed by atoms with Crippen LogP contribution in [0.1, 0.15) is 5.56 Å². The molecule has 0 saturated carbocycles. The van der Waals surface area contributed by atoms with E-state index < -0.39 is 17.9 Å². The molecule has 0 spiro atoms.